The molecule has 24 heavy (non-hydrogen) atoms. The highest BCUT2D eigenvalue weighted by Crippen LogP contribution is 2.31. The van der Waals surface area contributed by atoms with Crippen LogP contribution in [0.3, 0.4) is 0 Å². The second-order valence-electron chi connectivity index (χ2n) is 6.11. The molecule has 2 rings (SSSR count). The molecule has 1 saturated heterocycles. The summed E-state index contributed by atoms with van der Waals surface area (Å²) in [6, 6.07) is 7.01. The number of hydrogen-bond donors (Lipinski definition) is 2. The van der Waals surface area contributed by atoms with Gasteiger partial charge in [0.15, 0.2) is 0 Å². The van der Waals surface area contributed by atoms with E-state index in [2.05, 4.69) is 5.32 Å². The minimum absolute atomic E-state index is 0.000680. The molecule has 0 saturated carbocycles. The van der Waals surface area contributed by atoms with Crippen molar-refractivity contribution in [3.05, 3.63) is 29.8 Å². The van der Waals surface area contributed by atoms with Gasteiger partial charge in [0.25, 0.3) is 5.91 Å². The number of nitrogens with one attached hydrogen (secondary N) is 1. The fraction of sp³-hybridized carbons (Fsp3) is 0.556. The van der Waals surface area contributed by atoms with E-state index in [-0.39, 0.29) is 11.8 Å². The number of rotatable bonds is 6. The quantitative estimate of drug-likeness (QED) is 0.832. The molecule has 0 atom stereocenters. The molecular weight excluding hydrogens is 306 g/mol. The number of hydrogen-bond acceptors (Lipinski definition) is 4. The number of benzene rings is 1. The smallest absolute Gasteiger partial charge is 0.253 e. The summed E-state index contributed by atoms with van der Waals surface area (Å²) in [5.41, 5.74) is 6.59. The summed E-state index contributed by atoms with van der Waals surface area (Å²) in [6.45, 7) is 6.68. The van der Waals surface area contributed by atoms with Gasteiger partial charge in [-0.05, 0) is 51.0 Å². The number of ether oxygens (including phenoxy) is 1. The van der Waals surface area contributed by atoms with Crippen molar-refractivity contribution in [3.63, 3.8) is 0 Å². The highest BCUT2D eigenvalue weighted by Gasteiger charge is 2.38. The number of anilines is 1. The average Bonchev–Trinajstić information content (AvgIpc) is 2.63. The predicted molar refractivity (Wildman–Crippen MR) is 93.9 cm³/mol. The number of nitrogens with two attached hydrogens (primary N) is 1. The van der Waals surface area contributed by atoms with Crippen LogP contribution in [0, 0.1) is 5.41 Å². The molecule has 1 heterocycles. The standard InChI is InChI=1S/C18H27N3O3/c1-3-21(4-2)16(22)14-5-7-15(8-6-14)20-17(23)18(13-19)9-11-24-12-10-18/h5-8H,3-4,9-13,19H2,1-2H3,(H,20,23). The van der Waals surface area contributed by atoms with Gasteiger partial charge in [-0.25, -0.2) is 0 Å². The van der Waals surface area contributed by atoms with Crippen molar-refractivity contribution in [1.29, 1.82) is 0 Å². The van der Waals surface area contributed by atoms with Crippen molar-refractivity contribution in [3.8, 4) is 0 Å². The Balaban J connectivity index is 2.05. The fourth-order valence-corrected chi connectivity index (χ4v) is 2.94. The Kier molecular flexibility index (Phi) is 6.34. The maximum atomic E-state index is 12.6. The molecule has 0 unspecified atom stereocenters. The van der Waals surface area contributed by atoms with Crippen LogP contribution in [0.1, 0.15) is 37.0 Å². The second kappa shape index (κ2) is 8.26. The Morgan fingerprint density at radius 1 is 1.17 bits per heavy atom. The lowest BCUT2D eigenvalue weighted by molar-refractivity contribution is -0.130. The molecule has 132 valence electrons. The first-order valence-corrected chi connectivity index (χ1v) is 8.55. The summed E-state index contributed by atoms with van der Waals surface area (Å²) in [7, 11) is 0. The van der Waals surface area contributed by atoms with E-state index in [0.717, 1.165) is 0 Å². The van der Waals surface area contributed by atoms with Gasteiger partial charge in [0.2, 0.25) is 5.91 Å². The van der Waals surface area contributed by atoms with Gasteiger partial charge in [0, 0.05) is 44.1 Å². The van der Waals surface area contributed by atoms with Gasteiger partial charge >= 0.3 is 0 Å². The highest BCUT2D eigenvalue weighted by atomic mass is 16.5. The Morgan fingerprint density at radius 3 is 2.25 bits per heavy atom. The minimum Gasteiger partial charge on any atom is -0.381 e. The van der Waals surface area contributed by atoms with Gasteiger partial charge in [-0.2, -0.15) is 0 Å². The van der Waals surface area contributed by atoms with Crippen molar-refractivity contribution in [2.45, 2.75) is 26.7 Å². The summed E-state index contributed by atoms with van der Waals surface area (Å²) < 4.78 is 5.33. The maximum absolute atomic E-state index is 12.6. The molecular formula is C18H27N3O3. The summed E-state index contributed by atoms with van der Waals surface area (Å²) in [4.78, 5) is 26.7. The number of amides is 2. The third kappa shape index (κ3) is 3.94. The normalized spacial score (nSPS) is 16.5. The molecule has 6 nitrogen and oxygen atoms in total. The van der Waals surface area contributed by atoms with Crippen LogP contribution in [0.4, 0.5) is 5.69 Å². The van der Waals surface area contributed by atoms with E-state index in [1.165, 1.54) is 0 Å². The summed E-state index contributed by atoms with van der Waals surface area (Å²) >= 11 is 0. The molecule has 3 N–H and O–H groups in total. The van der Waals surface area contributed by atoms with Crippen LogP contribution < -0.4 is 11.1 Å². The Labute approximate surface area is 143 Å². The zero-order valence-corrected chi connectivity index (χ0v) is 14.5. The van der Waals surface area contributed by atoms with Gasteiger partial charge in [-0.1, -0.05) is 0 Å². The number of nitrogens with zero attached hydrogens (tertiary/aromatic N) is 1. The summed E-state index contributed by atoms with van der Waals surface area (Å²) in [5.74, 6) is -0.0724. The predicted octanol–water partition coefficient (Wildman–Crippen LogP) is 1.86. The van der Waals surface area contributed by atoms with Crippen LogP contribution in [0.15, 0.2) is 24.3 Å². The van der Waals surface area contributed by atoms with Crippen LogP contribution >= 0.6 is 0 Å². The van der Waals surface area contributed by atoms with Gasteiger partial charge in [-0.15, -0.1) is 0 Å². The molecule has 1 aromatic rings. The minimum atomic E-state index is -0.562. The first-order chi connectivity index (χ1) is 11.6. The maximum Gasteiger partial charge on any atom is 0.253 e. The van der Waals surface area contributed by atoms with Gasteiger partial charge in [0.1, 0.15) is 0 Å². The summed E-state index contributed by atoms with van der Waals surface area (Å²) in [6.07, 6.45) is 1.27. The second-order valence-corrected chi connectivity index (χ2v) is 6.11. The van der Waals surface area contributed by atoms with Gasteiger partial charge in [-0.3, -0.25) is 9.59 Å². The Morgan fingerprint density at radius 2 is 1.75 bits per heavy atom. The first kappa shape index (κ1) is 18.4. The van der Waals surface area contributed by atoms with Crippen molar-refractivity contribution < 1.29 is 14.3 Å². The van der Waals surface area contributed by atoms with Gasteiger partial charge in [0.05, 0.1) is 5.41 Å². The van der Waals surface area contributed by atoms with Crippen molar-refractivity contribution in [2.24, 2.45) is 11.1 Å². The molecule has 6 heteroatoms. The Bertz CT molecular complexity index is 561. The molecule has 0 spiro atoms. The van der Waals surface area contributed by atoms with Gasteiger partial charge < -0.3 is 20.7 Å². The van der Waals surface area contributed by atoms with E-state index in [1.54, 1.807) is 29.2 Å². The lowest BCUT2D eigenvalue weighted by Gasteiger charge is -2.34. The molecule has 1 aliphatic rings. The molecule has 0 radical (unpaired) electrons. The molecule has 0 aliphatic carbocycles. The molecule has 1 aromatic carbocycles. The molecule has 2 amide bonds. The van der Waals surface area contributed by atoms with Crippen molar-refractivity contribution in [2.75, 3.05) is 38.2 Å². The number of carbonyl (C=O) groups excluding carboxylic acids is 2. The SMILES string of the molecule is CCN(CC)C(=O)c1ccc(NC(=O)C2(CN)CCOCC2)cc1. The average molecular weight is 333 g/mol. The highest BCUT2D eigenvalue weighted by molar-refractivity contribution is 5.97. The van der Waals surface area contributed by atoms with Crippen molar-refractivity contribution in [1.82, 2.24) is 4.90 Å². The van der Waals surface area contributed by atoms with E-state index < -0.39 is 5.41 Å². The topological polar surface area (TPSA) is 84.7 Å². The van der Waals surface area contributed by atoms with Crippen molar-refractivity contribution >= 4 is 17.5 Å². The van der Waals surface area contributed by atoms with Crippen LogP contribution in [0.25, 0.3) is 0 Å². The first-order valence-electron chi connectivity index (χ1n) is 8.55. The van der Waals surface area contributed by atoms with E-state index in [9.17, 15) is 9.59 Å². The monoisotopic (exact) mass is 333 g/mol. The van der Waals surface area contributed by atoms with Crippen LogP contribution in [0.5, 0.6) is 0 Å². The van der Waals surface area contributed by atoms with E-state index in [1.807, 2.05) is 13.8 Å². The van der Waals surface area contributed by atoms with E-state index in [4.69, 9.17) is 10.5 Å². The van der Waals surface area contributed by atoms with E-state index >= 15 is 0 Å². The molecule has 0 aromatic heterocycles. The third-order valence-electron chi connectivity index (χ3n) is 4.76. The fourth-order valence-electron chi connectivity index (χ4n) is 2.94. The third-order valence-corrected chi connectivity index (χ3v) is 4.76. The van der Waals surface area contributed by atoms with Crippen LogP contribution in [0.2, 0.25) is 0 Å². The summed E-state index contributed by atoms with van der Waals surface area (Å²) in [5, 5.41) is 2.93. The molecule has 1 aliphatic heterocycles. The van der Waals surface area contributed by atoms with Crippen LogP contribution in [-0.2, 0) is 9.53 Å². The molecule has 1 fully saturated rings. The Hall–Kier alpha value is -1.92. The molecule has 0 bridgehead atoms. The lowest BCUT2D eigenvalue weighted by atomic mass is 9.79. The lowest BCUT2D eigenvalue weighted by Crippen LogP contribution is -2.46. The zero-order chi connectivity index (χ0) is 17.6. The largest absolute Gasteiger partial charge is 0.381 e. The van der Waals surface area contributed by atoms with Crippen LogP contribution in [-0.4, -0.2) is 49.6 Å². The van der Waals surface area contributed by atoms with E-state index in [0.29, 0.717) is 56.9 Å². The zero-order valence-electron chi connectivity index (χ0n) is 14.5. The number of carbonyl (C=O) groups is 2.